The molecule has 1 aromatic heterocycles. The van der Waals surface area contributed by atoms with E-state index in [1.54, 1.807) is 52.6 Å². The van der Waals surface area contributed by atoms with Crippen molar-refractivity contribution in [3.63, 3.8) is 0 Å². The van der Waals surface area contributed by atoms with E-state index in [0.29, 0.717) is 36.0 Å². The summed E-state index contributed by atoms with van der Waals surface area (Å²) < 4.78 is 32.7. The molecule has 0 aliphatic carbocycles. The molecule has 168 valence electrons. The van der Waals surface area contributed by atoms with Gasteiger partial charge in [0.1, 0.15) is 12.4 Å². The van der Waals surface area contributed by atoms with E-state index in [-0.39, 0.29) is 23.9 Å². The van der Waals surface area contributed by atoms with Crippen LogP contribution in [-0.2, 0) is 16.6 Å². The second-order valence-corrected chi connectivity index (χ2v) is 10.8. The molecule has 1 fully saturated rings. The first-order valence-corrected chi connectivity index (χ1v) is 12.7. The first kappa shape index (κ1) is 22.7. The zero-order valence-electron chi connectivity index (χ0n) is 17.4. The van der Waals surface area contributed by atoms with Crippen LogP contribution in [0.25, 0.3) is 0 Å². The number of halogens is 1. The summed E-state index contributed by atoms with van der Waals surface area (Å²) in [5.74, 6) is 0.529. The van der Waals surface area contributed by atoms with Crippen molar-refractivity contribution in [1.29, 1.82) is 0 Å². The maximum atomic E-state index is 12.9. The molecule has 0 radical (unpaired) electrons. The van der Waals surface area contributed by atoms with Crippen molar-refractivity contribution in [3.8, 4) is 5.75 Å². The SMILES string of the molecule is Cc1nc(COc2ccc(C(=O)N3CCN(S(=O)(=O)c4ccc(Cl)cc4)CC3)cc2)cs1. The van der Waals surface area contributed by atoms with Crippen LogP contribution in [0.4, 0.5) is 0 Å². The zero-order valence-corrected chi connectivity index (χ0v) is 19.8. The third-order valence-electron chi connectivity index (χ3n) is 5.13. The number of ether oxygens (including phenoxy) is 1. The van der Waals surface area contributed by atoms with E-state index < -0.39 is 10.0 Å². The van der Waals surface area contributed by atoms with Crippen molar-refractivity contribution < 1.29 is 17.9 Å². The fraction of sp³-hybridized carbons (Fsp3) is 0.273. The van der Waals surface area contributed by atoms with Gasteiger partial charge in [0.05, 0.1) is 15.6 Å². The summed E-state index contributed by atoms with van der Waals surface area (Å²) >= 11 is 7.43. The topological polar surface area (TPSA) is 79.8 Å². The van der Waals surface area contributed by atoms with Gasteiger partial charge in [-0.3, -0.25) is 4.79 Å². The Bertz CT molecular complexity index is 1190. The Morgan fingerprint density at radius 1 is 1.06 bits per heavy atom. The molecular weight excluding hydrogens is 470 g/mol. The van der Waals surface area contributed by atoms with Crippen molar-refractivity contribution in [3.05, 3.63) is 75.2 Å². The van der Waals surface area contributed by atoms with Gasteiger partial charge in [-0.1, -0.05) is 11.6 Å². The lowest BCUT2D eigenvalue weighted by Crippen LogP contribution is -2.50. The maximum absolute atomic E-state index is 12.9. The molecule has 2 heterocycles. The van der Waals surface area contributed by atoms with Gasteiger partial charge in [-0.05, 0) is 55.5 Å². The Balaban J connectivity index is 1.33. The van der Waals surface area contributed by atoms with E-state index in [0.717, 1.165) is 10.7 Å². The van der Waals surface area contributed by atoms with Gasteiger partial charge in [-0.15, -0.1) is 11.3 Å². The Morgan fingerprint density at radius 2 is 1.72 bits per heavy atom. The minimum absolute atomic E-state index is 0.129. The number of carbonyl (C=O) groups excluding carboxylic acids is 1. The van der Waals surface area contributed by atoms with Gasteiger partial charge in [0, 0.05) is 42.1 Å². The van der Waals surface area contributed by atoms with Crippen LogP contribution in [0, 0.1) is 6.92 Å². The minimum atomic E-state index is -3.61. The molecule has 1 aliphatic heterocycles. The quantitative estimate of drug-likeness (QED) is 0.523. The number of thiazole rings is 1. The highest BCUT2D eigenvalue weighted by Crippen LogP contribution is 2.21. The molecule has 0 atom stereocenters. The average molecular weight is 492 g/mol. The Hall–Kier alpha value is -2.46. The first-order valence-electron chi connectivity index (χ1n) is 10.0. The summed E-state index contributed by atoms with van der Waals surface area (Å²) in [4.78, 5) is 19.1. The number of hydrogen-bond donors (Lipinski definition) is 0. The monoisotopic (exact) mass is 491 g/mol. The summed E-state index contributed by atoms with van der Waals surface area (Å²) in [5.41, 5.74) is 1.41. The molecule has 0 spiro atoms. The van der Waals surface area contributed by atoms with Gasteiger partial charge in [-0.25, -0.2) is 13.4 Å². The number of rotatable bonds is 6. The van der Waals surface area contributed by atoms with Crippen molar-refractivity contribution in [2.75, 3.05) is 26.2 Å². The van der Waals surface area contributed by atoms with E-state index in [4.69, 9.17) is 16.3 Å². The fourth-order valence-electron chi connectivity index (χ4n) is 3.40. The highest BCUT2D eigenvalue weighted by Gasteiger charge is 2.30. The Kier molecular flexibility index (Phi) is 6.80. The van der Waals surface area contributed by atoms with Crippen LogP contribution in [-0.4, -0.2) is 54.7 Å². The Labute approximate surface area is 196 Å². The second kappa shape index (κ2) is 9.58. The van der Waals surface area contributed by atoms with Gasteiger partial charge in [0.2, 0.25) is 10.0 Å². The number of hydrogen-bond acceptors (Lipinski definition) is 6. The number of aromatic nitrogens is 1. The van der Waals surface area contributed by atoms with Crippen LogP contribution in [0.1, 0.15) is 21.1 Å². The summed E-state index contributed by atoms with van der Waals surface area (Å²) in [6.07, 6.45) is 0. The number of piperazine rings is 1. The number of nitrogens with zero attached hydrogens (tertiary/aromatic N) is 3. The predicted octanol–water partition coefficient (Wildman–Crippen LogP) is 3.83. The summed E-state index contributed by atoms with van der Waals surface area (Å²) in [6, 6.07) is 13.1. The lowest BCUT2D eigenvalue weighted by Gasteiger charge is -2.34. The van der Waals surface area contributed by atoms with Crippen molar-refractivity contribution in [2.24, 2.45) is 0 Å². The van der Waals surface area contributed by atoms with Crippen molar-refractivity contribution in [2.45, 2.75) is 18.4 Å². The van der Waals surface area contributed by atoms with E-state index in [1.807, 2.05) is 12.3 Å². The molecule has 0 bridgehead atoms. The largest absolute Gasteiger partial charge is 0.487 e. The summed E-state index contributed by atoms with van der Waals surface area (Å²) in [5, 5.41) is 3.43. The molecule has 2 aromatic carbocycles. The van der Waals surface area contributed by atoms with Crippen LogP contribution in [0.5, 0.6) is 5.75 Å². The Morgan fingerprint density at radius 3 is 2.31 bits per heavy atom. The molecule has 32 heavy (non-hydrogen) atoms. The molecule has 10 heteroatoms. The summed E-state index contributed by atoms with van der Waals surface area (Å²) in [7, 11) is -3.61. The van der Waals surface area contributed by atoms with Gasteiger partial charge >= 0.3 is 0 Å². The van der Waals surface area contributed by atoms with Crippen LogP contribution >= 0.6 is 22.9 Å². The van der Waals surface area contributed by atoms with E-state index in [2.05, 4.69) is 4.98 Å². The van der Waals surface area contributed by atoms with Crippen LogP contribution < -0.4 is 4.74 Å². The van der Waals surface area contributed by atoms with Gasteiger partial charge in [-0.2, -0.15) is 4.31 Å². The van der Waals surface area contributed by atoms with Crippen LogP contribution in [0.3, 0.4) is 0 Å². The predicted molar refractivity (Wildman–Crippen MR) is 124 cm³/mol. The number of carbonyl (C=O) groups is 1. The molecule has 1 amide bonds. The fourth-order valence-corrected chi connectivity index (χ4v) is 5.54. The summed E-state index contributed by atoms with van der Waals surface area (Å²) in [6.45, 7) is 3.46. The smallest absolute Gasteiger partial charge is 0.253 e. The zero-order chi connectivity index (χ0) is 22.7. The standard InChI is InChI=1S/C22H22ClN3O4S2/c1-16-24-19(15-31-16)14-30-20-6-2-17(3-7-20)22(27)25-10-12-26(13-11-25)32(28,29)21-8-4-18(23)5-9-21/h2-9,15H,10-14H2,1H3. The molecule has 0 saturated carbocycles. The number of amides is 1. The minimum Gasteiger partial charge on any atom is -0.487 e. The molecule has 7 nitrogen and oxygen atoms in total. The molecule has 0 N–H and O–H groups in total. The first-order chi connectivity index (χ1) is 15.3. The lowest BCUT2D eigenvalue weighted by molar-refractivity contribution is 0.0698. The lowest BCUT2D eigenvalue weighted by atomic mass is 10.2. The molecule has 1 saturated heterocycles. The van der Waals surface area contributed by atoms with Crippen molar-refractivity contribution in [1.82, 2.24) is 14.2 Å². The molecule has 4 rings (SSSR count). The normalized spacial score (nSPS) is 15.0. The second-order valence-electron chi connectivity index (χ2n) is 7.32. The van der Waals surface area contributed by atoms with Gasteiger partial charge in [0.15, 0.2) is 0 Å². The number of aryl methyl sites for hydroxylation is 1. The third kappa shape index (κ3) is 5.12. The van der Waals surface area contributed by atoms with Crippen LogP contribution in [0.2, 0.25) is 5.02 Å². The van der Waals surface area contributed by atoms with E-state index in [1.165, 1.54) is 16.4 Å². The highest BCUT2D eigenvalue weighted by atomic mass is 35.5. The average Bonchev–Trinajstić information content (AvgIpc) is 3.23. The molecular formula is C22H22ClN3O4S2. The molecule has 3 aromatic rings. The van der Waals surface area contributed by atoms with E-state index >= 15 is 0 Å². The van der Waals surface area contributed by atoms with E-state index in [9.17, 15) is 13.2 Å². The highest BCUT2D eigenvalue weighted by molar-refractivity contribution is 7.89. The van der Waals surface area contributed by atoms with Gasteiger partial charge in [0.25, 0.3) is 5.91 Å². The van der Waals surface area contributed by atoms with Crippen LogP contribution in [0.15, 0.2) is 58.8 Å². The third-order valence-corrected chi connectivity index (χ3v) is 8.12. The molecule has 0 unspecified atom stereocenters. The number of benzene rings is 2. The maximum Gasteiger partial charge on any atom is 0.253 e. The molecule has 1 aliphatic rings. The van der Waals surface area contributed by atoms with Gasteiger partial charge < -0.3 is 9.64 Å². The van der Waals surface area contributed by atoms with Crippen molar-refractivity contribution >= 4 is 38.9 Å². The number of sulfonamides is 1.